The van der Waals surface area contributed by atoms with Crippen LogP contribution < -0.4 is 15.1 Å². The molecule has 11 heteroatoms. The van der Waals surface area contributed by atoms with Gasteiger partial charge in [0.25, 0.3) is 5.91 Å². The average molecular weight is 549 g/mol. The summed E-state index contributed by atoms with van der Waals surface area (Å²) in [6, 6.07) is 12.1. The number of fused-ring (bicyclic) bond motifs is 2. The Morgan fingerprint density at radius 1 is 1.13 bits per heavy atom. The van der Waals surface area contributed by atoms with E-state index in [-0.39, 0.29) is 36.3 Å². The van der Waals surface area contributed by atoms with Crippen LogP contribution in [0.15, 0.2) is 52.9 Å². The topological polar surface area (TPSA) is 88.8 Å². The minimum absolute atomic E-state index is 0.0951. The molecule has 0 saturated heterocycles. The maximum Gasteiger partial charge on any atom is 0.333 e. The molecule has 1 aliphatic carbocycles. The van der Waals surface area contributed by atoms with Crippen LogP contribution in [0.2, 0.25) is 0 Å². The minimum atomic E-state index is -3.81. The first-order valence-corrected chi connectivity index (χ1v) is 14.3. The fourth-order valence-corrected chi connectivity index (χ4v) is 5.98. The molecule has 4 aromatic rings. The van der Waals surface area contributed by atoms with Crippen molar-refractivity contribution in [3.63, 3.8) is 0 Å². The second-order valence-electron chi connectivity index (χ2n) is 9.92. The second-order valence-corrected chi connectivity index (χ2v) is 11.8. The summed E-state index contributed by atoms with van der Waals surface area (Å²) in [4.78, 5) is 13.0. The van der Waals surface area contributed by atoms with Crippen LogP contribution in [-0.4, -0.2) is 35.1 Å². The highest BCUT2D eigenvalue weighted by molar-refractivity contribution is 7.92. The summed E-state index contributed by atoms with van der Waals surface area (Å²) in [5.41, 5.74) is 3.79. The van der Waals surface area contributed by atoms with Crippen LogP contribution in [0.5, 0.6) is 0 Å². The summed E-state index contributed by atoms with van der Waals surface area (Å²) in [6.45, 7) is 0.126. The molecule has 0 bridgehead atoms. The Hall–Kier alpha value is -3.70. The van der Waals surface area contributed by atoms with Crippen molar-refractivity contribution in [2.75, 3.05) is 17.6 Å². The first-order chi connectivity index (χ1) is 18.6. The van der Waals surface area contributed by atoms with E-state index in [0.29, 0.717) is 38.8 Å². The largest absolute Gasteiger partial charge is 0.455 e. The lowest BCUT2D eigenvalue weighted by atomic mass is 9.86. The van der Waals surface area contributed by atoms with E-state index < -0.39 is 21.7 Å². The molecule has 0 atom stereocenters. The Kier molecular flexibility index (Phi) is 6.23. The van der Waals surface area contributed by atoms with Crippen LogP contribution >= 0.6 is 0 Å². The fourth-order valence-electron chi connectivity index (χ4n) is 5.08. The molecular formula is C28H24BF2N2O5S. The van der Waals surface area contributed by atoms with Crippen LogP contribution in [0.4, 0.5) is 14.5 Å². The van der Waals surface area contributed by atoms with Gasteiger partial charge in [0, 0.05) is 24.1 Å². The summed E-state index contributed by atoms with van der Waals surface area (Å²) >= 11 is 0. The standard InChI is InChI=1S/C28H24BF2N2O5S/c1-32-28(34)25-21-11-20(16-3-4-16)23(12-24(21)38-27(25)17-5-7-19(30)8-6-17)33(39(2,35)36)13-15-9-18-14-37-29-26(18)22(31)10-15/h5-12,16H,3-4,13-14H2,1-2H3,(H,32,34). The van der Waals surface area contributed by atoms with Crippen molar-refractivity contribution in [3.8, 4) is 11.3 Å². The van der Waals surface area contributed by atoms with E-state index in [2.05, 4.69) is 5.32 Å². The number of halogens is 2. The molecule has 1 amide bonds. The van der Waals surface area contributed by atoms with Gasteiger partial charge in [-0.1, -0.05) is 6.07 Å². The van der Waals surface area contributed by atoms with Crippen LogP contribution in [0.25, 0.3) is 22.3 Å². The predicted molar refractivity (Wildman–Crippen MR) is 145 cm³/mol. The van der Waals surface area contributed by atoms with E-state index in [9.17, 15) is 22.0 Å². The highest BCUT2D eigenvalue weighted by Crippen LogP contribution is 2.48. The molecule has 2 aliphatic rings. The number of rotatable bonds is 7. The predicted octanol–water partition coefficient (Wildman–Crippen LogP) is 4.36. The Labute approximate surface area is 225 Å². The van der Waals surface area contributed by atoms with Gasteiger partial charge in [-0.05, 0) is 77.3 Å². The number of carbonyl (C=O) groups is 1. The van der Waals surface area contributed by atoms with E-state index in [1.807, 2.05) is 6.07 Å². The molecule has 2 heterocycles. The molecule has 7 nitrogen and oxygen atoms in total. The fraction of sp³-hybridized carbons (Fsp3) is 0.250. The molecule has 3 aromatic carbocycles. The van der Waals surface area contributed by atoms with Gasteiger partial charge in [-0.15, -0.1) is 0 Å². The van der Waals surface area contributed by atoms with E-state index in [0.717, 1.165) is 24.7 Å². The number of hydrogen-bond acceptors (Lipinski definition) is 5. The number of nitrogens with one attached hydrogen (secondary N) is 1. The van der Waals surface area contributed by atoms with Crippen molar-refractivity contribution in [2.24, 2.45) is 0 Å². The zero-order valence-corrected chi connectivity index (χ0v) is 22.1. The quantitative estimate of drug-likeness (QED) is 0.347. The molecule has 1 N–H and O–H groups in total. The smallest absolute Gasteiger partial charge is 0.333 e. The monoisotopic (exact) mass is 549 g/mol. The molecule has 199 valence electrons. The average Bonchev–Trinajstić information content (AvgIpc) is 3.51. The van der Waals surface area contributed by atoms with Gasteiger partial charge >= 0.3 is 7.48 Å². The molecule has 1 aromatic heterocycles. The summed E-state index contributed by atoms with van der Waals surface area (Å²) in [6.07, 6.45) is 2.85. The van der Waals surface area contributed by atoms with E-state index in [1.54, 1.807) is 12.1 Å². The number of hydrogen-bond donors (Lipinski definition) is 1. The number of anilines is 1. The first kappa shape index (κ1) is 25.6. The number of amides is 1. The Morgan fingerprint density at radius 2 is 1.87 bits per heavy atom. The van der Waals surface area contributed by atoms with Gasteiger partial charge in [-0.2, -0.15) is 0 Å². The number of benzene rings is 3. The molecular weight excluding hydrogens is 525 g/mol. The maximum absolute atomic E-state index is 14.7. The van der Waals surface area contributed by atoms with Crippen LogP contribution in [0, 0.1) is 11.6 Å². The molecule has 1 fully saturated rings. The van der Waals surface area contributed by atoms with Gasteiger partial charge in [0.2, 0.25) is 10.0 Å². The van der Waals surface area contributed by atoms with Crippen molar-refractivity contribution in [1.29, 1.82) is 0 Å². The van der Waals surface area contributed by atoms with Crippen molar-refractivity contribution in [1.82, 2.24) is 5.32 Å². The second kappa shape index (κ2) is 9.50. The Balaban J connectivity index is 1.53. The Bertz CT molecular complexity index is 1730. The van der Waals surface area contributed by atoms with Gasteiger partial charge in [0.05, 0.1) is 30.7 Å². The van der Waals surface area contributed by atoms with Crippen molar-refractivity contribution < 1.29 is 31.1 Å². The maximum atomic E-state index is 14.7. The van der Waals surface area contributed by atoms with Gasteiger partial charge in [-0.3, -0.25) is 9.10 Å². The van der Waals surface area contributed by atoms with Gasteiger partial charge in [-0.25, -0.2) is 17.2 Å². The third-order valence-electron chi connectivity index (χ3n) is 7.13. The molecule has 0 spiro atoms. The van der Waals surface area contributed by atoms with E-state index in [1.165, 1.54) is 49.2 Å². The number of furan rings is 1. The van der Waals surface area contributed by atoms with Gasteiger partial charge in [0.15, 0.2) is 0 Å². The van der Waals surface area contributed by atoms with E-state index >= 15 is 0 Å². The number of sulfonamides is 1. The zero-order chi connectivity index (χ0) is 27.5. The lowest BCUT2D eigenvalue weighted by Crippen LogP contribution is -2.30. The van der Waals surface area contributed by atoms with Crippen LogP contribution in [0.1, 0.15) is 45.8 Å². The van der Waals surface area contributed by atoms with Gasteiger partial charge in [0.1, 0.15) is 23.0 Å². The summed E-state index contributed by atoms with van der Waals surface area (Å²) in [5, 5.41) is 3.17. The van der Waals surface area contributed by atoms with Crippen LogP contribution in [0.3, 0.4) is 0 Å². The highest BCUT2D eigenvalue weighted by Gasteiger charge is 2.33. The lowest BCUT2D eigenvalue weighted by Gasteiger charge is -2.25. The summed E-state index contributed by atoms with van der Waals surface area (Å²) < 4.78 is 67.2. The molecule has 39 heavy (non-hydrogen) atoms. The van der Waals surface area contributed by atoms with Gasteiger partial charge < -0.3 is 14.4 Å². The third-order valence-corrected chi connectivity index (χ3v) is 8.25. The molecule has 0 unspecified atom stereocenters. The molecule has 1 saturated carbocycles. The third kappa shape index (κ3) is 4.70. The van der Waals surface area contributed by atoms with Crippen molar-refractivity contribution in [2.45, 2.75) is 31.9 Å². The highest BCUT2D eigenvalue weighted by atomic mass is 32.2. The SMILES string of the molecule is CNC(=O)c1c(-c2ccc(F)cc2)oc2cc(N(Cc3cc(F)c4c(c3)CO[B]4)S(C)(=O)=O)c(C3CC3)cc12. The number of nitrogens with zero attached hydrogens (tertiary/aromatic N) is 1. The summed E-state index contributed by atoms with van der Waals surface area (Å²) in [7, 11) is -0.940. The molecule has 6 rings (SSSR count). The first-order valence-electron chi connectivity index (χ1n) is 12.5. The van der Waals surface area contributed by atoms with Crippen LogP contribution in [-0.2, 0) is 27.8 Å². The van der Waals surface area contributed by atoms with Crippen molar-refractivity contribution in [3.05, 3.63) is 82.4 Å². The molecule has 1 radical (unpaired) electrons. The summed E-state index contributed by atoms with van der Waals surface area (Å²) in [5.74, 6) is -0.918. The minimum Gasteiger partial charge on any atom is -0.455 e. The lowest BCUT2D eigenvalue weighted by molar-refractivity contribution is 0.0964. The van der Waals surface area contributed by atoms with E-state index in [4.69, 9.17) is 9.07 Å². The normalized spacial score (nSPS) is 14.8. The molecule has 1 aliphatic heterocycles. The Morgan fingerprint density at radius 3 is 2.54 bits per heavy atom. The van der Waals surface area contributed by atoms with Crippen molar-refractivity contribution >= 4 is 45.5 Å². The number of carbonyl (C=O) groups excluding carboxylic acids is 1. The zero-order valence-electron chi connectivity index (χ0n) is 21.3.